The summed E-state index contributed by atoms with van der Waals surface area (Å²) in [6.07, 6.45) is 3.96. The van der Waals surface area contributed by atoms with Gasteiger partial charge in [0.2, 0.25) is 0 Å². The molecule has 1 heterocycles. The second kappa shape index (κ2) is 9.49. The standard InChI is InChI=1S/C22H25ClN4/c1-3-27(4-2)15-14-24-22-19-12-11-18(23)16-20(19)25-21(26-22)13-10-17-8-6-5-7-9-17/h5-13,16H,3-4,14-15H2,1-2H3,(H,24,25,26)/b13-10+. The molecule has 0 radical (unpaired) electrons. The number of hydrogen-bond acceptors (Lipinski definition) is 4. The molecule has 4 nitrogen and oxygen atoms in total. The van der Waals surface area contributed by atoms with E-state index in [1.54, 1.807) is 0 Å². The smallest absolute Gasteiger partial charge is 0.154 e. The largest absolute Gasteiger partial charge is 0.368 e. The van der Waals surface area contributed by atoms with Crippen LogP contribution in [0.15, 0.2) is 48.5 Å². The van der Waals surface area contributed by atoms with Crippen molar-refractivity contribution >= 4 is 40.5 Å². The average molecular weight is 381 g/mol. The fraction of sp³-hybridized carbons (Fsp3) is 0.273. The molecule has 1 N–H and O–H groups in total. The maximum absolute atomic E-state index is 6.17. The zero-order valence-corrected chi connectivity index (χ0v) is 16.6. The van der Waals surface area contributed by atoms with Gasteiger partial charge in [0, 0.05) is 23.5 Å². The molecule has 5 heteroatoms. The van der Waals surface area contributed by atoms with Crippen molar-refractivity contribution in [3.8, 4) is 0 Å². The molecule has 0 aliphatic heterocycles. The fourth-order valence-electron chi connectivity index (χ4n) is 2.94. The molecule has 0 aliphatic carbocycles. The van der Waals surface area contributed by atoms with E-state index in [-0.39, 0.29) is 0 Å². The Labute approximate surface area is 165 Å². The van der Waals surface area contributed by atoms with Gasteiger partial charge in [0.15, 0.2) is 5.82 Å². The summed E-state index contributed by atoms with van der Waals surface area (Å²) in [5.41, 5.74) is 1.96. The topological polar surface area (TPSA) is 41.0 Å². The summed E-state index contributed by atoms with van der Waals surface area (Å²) in [7, 11) is 0. The second-order valence-electron chi connectivity index (χ2n) is 6.29. The minimum Gasteiger partial charge on any atom is -0.368 e. The van der Waals surface area contributed by atoms with Gasteiger partial charge in [-0.2, -0.15) is 0 Å². The molecule has 0 unspecified atom stereocenters. The first-order valence-corrected chi connectivity index (χ1v) is 9.74. The van der Waals surface area contributed by atoms with Crippen LogP contribution in [-0.4, -0.2) is 41.0 Å². The molecule has 3 aromatic rings. The van der Waals surface area contributed by atoms with E-state index in [4.69, 9.17) is 16.6 Å². The van der Waals surface area contributed by atoms with Crippen LogP contribution in [-0.2, 0) is 0 Å². The first-order valence-electron chi connectivity index (χ1n) is 9.36. The van der Waals surface area contributed by atoms with Gasteiger partial charge in [-0.05, 0) is 42.9 Å². The molecular weight excluding hydrogens is 356 g/mol. The van der Waals surface area contributed by atoms with E-state index in [2.05, 4.69) is 41.2 Å². The van der Waals surface area contributed by atoms with Crippen LogP contribution in [0.4, 0.5) is 5.82 Å². The number of benzene rings is 2. The van der Waals surface area contributed by atoms with Crippen LogP contribution in [0.2, 0.25) is 5.02 Å². The molecule has 0 atom stereocenters. The molecule has 140 valence electrons. The lowest BCUT2D eigenvalue weighted by Crippen LogP contribution is -2.28. The van der Waals surface area contributed by atoms with Gasteiger partial charge in [0.1, 0.15) is 5.82 Å². The lowest BCUT2D eigenvalue weighted by molar-refractivity contribution is 0.316. The third kappa shape index (κ3) is 5.28. The Kier molecular flexibility index (Phi) is 6.80. The van der Waals surface area contributed by atoms with Crippen molar-refractivity contribution in [1.29, 1.82) is 0 Å². The van der Waals surface area contributed by atoms with Crippen molar-refractivity contribution in [2.45, 2.75) is 13.8 Å². The monoisotopic (exact) mass is 380 g/mol. The predicted molar refractivity (Wildman–Crippen MR) is 116 cm³/mol. The van der Waals surface area contributed by atoms with Gasteiger partial charge >= 0.3 is 0 Å². The summed E-state index contributed by atoms with van der Waals surface area (Å²) < 4.78 is 0. The minimum absolute atomic E-state index is 0.666. The molecule has 3 rings (SSSR count). The predicted octanol–water partition coefficient (Wildman–Crippen LogP) is 5.21. The van der Waals surface area contributed by atoms with Crippen molar-refractivity contribution in [2.75, 3.05) is 31.5 Å². The third-order valence-corrected chi connectivity index (χ3v) is 4.75. The van der Waals surface area contributed by atoms with Crippen LogP contribution in [0.1, 0.15) is 25.2 Å². The van der Waals surface area contributed by atoms with Crippen molar-refractivity contribution in [2.24, 2.45) is 0 Å². The summed E-state index contributed by atoms with van der Waals surface area (Å²) in [6, 6.07) is 15.9. The van der Waals surface area contributed by atoms with Crippen LogP contribution in [0.25, 0.3) is 23.1 Å². The highest BCUT2D eigenvalue weighted by Gasteiger charge is 2.08. The molecule has 0 saturated heterocycles. The number of hydrogen-bond donors (Lipinski definition) is 1. The fourth-order valence-corrected chi connectivity index (χ4v) is 3.10. The number of aromatic nitrogens is 2. The van der Waals surface area contributed by atoms with Crippen LogP contribution < -0.4 is 5.32 Å². The van der Waals surface area contributed by atoms with E-state index in [9.17, 15) is 0 Å². The van der Waals surface area contributed by atoms with Gasteiger partial charge in [0.25, 0.3) is 0 Å². The number of rotatable bonds is 8. The molecule has 0 amide bonds. The minimum atomic E-state index is 0.666. The Morgan fingerprint density at radius 2 is 1.78 bits per heavy atom. The molecule has 0 spiro atoms. The van der Waals surface area contributed by atoms with Gasteiger partial charge in [0.05, 0.1) is 5.52 Å². The van der Waals surface area contributed by atoms with E-state index in [1.807, 2.05) is 48.6 Å². The SMILES string of the molecule is CCN(CC)CCNc1nc(/C=C/c2ccccc2)nc2cc(Cl)ccc12. The quantitative estimate of drug-likeness (QED) is 0.582. The Bertz CT molecular complexity index is 905. The van der Waals surface area contributed by atoms with Gasteiger partial charge in [-0.3, -0.25) is 0 Å². The van der Waals surface area contributed by atoms with E-state index in [0.717, 1.165) is 48.5 Å². The Balaban J connectivity index is 1.87. The average Bonchev–Trinajstić information content (AvgIpc) is 2.70. The van der Waals surface area contributed by atoms with Crippen molar-refractivity contribution in [3.05, 3.63) is 64.9 Å². The zero-order chi connectivity index (χ0) is 19.1. The molecule has 0 fully saturated rings. The van der Waals surface area contributed by atoms with Crippen LogP contribution in [0.5, 0.6) is 0 Å². The number of halogens is 1. The summed E-state index contributed by atoms with van der Waals surface area (Å²) in [6.45, 7) is 8.25. The van der Waals surface area contributed by atoms with Gasteiger partial charge < -0.3 is 10.2 Å². The Morgan fingerprint density at radius 3 is 2.52 bits per heavy atom. The molecule has 0 aliphatic rings. The van der Waals surface area contributed by atoms with Crippen LogP contribution in [0.3, 0.4) is 0 Å². The van der Waals surface area contributed by atoms with Crippen LogP contribution in [0, 0.1) is 0 Å². The Morgan fingerprint density at radius 1 is 1.00 bits per heavy atom. The lowest BCUT2D eigenvalue weighted by atomic mass is 10.2. The Hall–Kier alpha value is -2.43. The van der Waals surface area contributed by atoms with Gasteiger partial charge in [-0.1, -0.05) is 61.9 Å². The number of anilines is 1. The van der Waals surface area contributed by atoms with E-state index >= 15 is 0 Å². The van der Waals surface area contributed by atoms with E-state index < -0.39 is 0 Å². The summed E-state index contributed by atoms with van der Waals surface area (Å²) >= 11 is 6.17. The maximum atomic E-state index is 6.17. The maximum Gasteiger partial charge on any atom is 0.154 e. The van der Waals surface area contributed by atoms with Crippen LogP contribution >= 0.6 is 11.6 Å². The summed E-state index contributed by atoms with van der Waals surface area (Å²) in [5.74, 6) is 1.51. The second-order valence-corrected chi connectivity index (χ2v) is 6.73. The summed E-state index contributed by atoms with van der Waals surface area (Å²) in [4.78, 5) is 11.8. The van der Waals surface area contributed by atoms with Crippen molar-refractivity contribution in [3.63, 3.8) is 0 Å². The molecular formula is C22H25ClN4. The van der Waals surface area contributed by atoms with E-state index in [1.165, 1.54) is 0 Å². The number of nitrogens with one attached hydrogen (secondary N) is 1. The normalized spacial score (nSPS) is 11.6. The van der Waals surface area contributed by atoms with E-state index in [0.29, 0.717) is 10.8 Å². The highest BCUT2D eigenvalue weighted by Crippen LogP contribution is 2.24. The number of nitrogens with zero attached hydrogens (tertiary/aromatic N) is 3. The number of fused-ring (bicyclic) bond motifs is 1. The highest BCUT2D eigenvalue weighted by atomic mass is 35.5. The zero-order valence-electron chi connectivity index (χ0n) is 15.8. The van der Waals surface area contributed by atoms with Gasteiger partial charge in [-0.25, -0.2) is 9.97 Å². The molecule has 2 aromatic carbocycles. The first-order chi connectivity index (χ1) is 13.2. The van der Waals surface area contributed by atoms with Crippen molar-refractivity contribution < 1.29 is 0 Å². The number of likely N-dealkylation sites (N-methyl/N-ethyl adjacent to an activating group) is 1. The molecule has 27 heavy (non-hydrogen) atoms. The molecule has 0 bridgehead atoms. The molecule has 1 aromatic heterocycles. The third-order valence-electron chi connectivity index (χ3n) is 4.52. The summed E-state index contributed by atoms with van der Waals surface area (Å²) in [5, 5.41) is 5.13. The first kappa shape index (κ1) is 19.3. The van der Waals surface area contributed by atoms with Gasteiger partial charge in [-0.15, -0.1) is 0 Å². The van der Waals surface area contributed by atoms with Crippen molar-refractivity contribution in [1.82, 2.24) is 14.9 Å². The highest BCUT2D eigenvalue weighted by molar-refractivity contribution is 6.31. The lowest BCUT2D eigenvalue weighted by Gasteiger charge is -2.18. The molecule has 0 saturated carbocycles.